The number of anilines is 3. The first-order valence-electron chi connectivity index (χ1n) is 14.8. The van der Waals surface area contributed by atoms with Gasteiger partial charge in [-0.25, -0.2) is 24.6 Å². The van der Waals surface area contributed by atoms with Crippen LogP contribution >= 0.6 is 0 Å². The van der Waals surface area contributed by atoms with Gasteiger partial charge in [-0.2, -0.15) is 10.1 Å². The summed E-state index contributed by atoms with van der Waals surface area (Å²) >= 11 is 0. The van der Waals surface area contributed by atoms with Crippen LogP contribution < -0.4 is 21.7 Å². The highest BCUT2D eigenvalue weighted by atomic mass is 16.4. The number of rotatable bonds is 5. The molecule has 0 atom stereocenters. The smallest absolute Gasteiger partial charge is 0.292 e. The molecule has 14 nitrogen and oxygen atoms in total. The number of benzene rings is 2. The quantitative estimate of drug-likeness (QED) is 0.262. The minimum absolute atomic E-state index is 0.0594. The zero-order valence-electron chi connectivity index (χ0n) is 24.3. The van der Waals surface area contributed by atoms with Crippen LogP contribution in [0.25, 0.3) is 33.4 Å². The van der Waals surface area contributed by atoms with Crippen LogP contribution in [-0.4, -0.2) is 78.2 Å². The van der Waals surface area contributed by atoms with E-state index >= 15 is 0 Å². The monoisotopic (exact) mass is 602 g/mol. The van der Waals surface area contributed by atoms with Crippen molar-refractivity contribution in [2.75, 3.05) is 49.1 Å². The number of nitrogens with one attached hydrogen (secondary N) is 1. The number of hydrogen-bond donors (Lipinski definition) is 3. The molecule has 6 heterocycles. The van der Waals surface area contributed by atoms with Gasteiger partial charge in [0.25, 0.3) is 11.9 Å². The summed E-state index contributed by atoms with van der Waals surface area (Å²) in [5.74, 6) is 0.952. The van der Waals surface area contributed by atoms with Crippen LogP contribution in [0, 0.1) is 0 Å². The molecule has 2 aliphatic heterocycles. The molecule has 1 saturated heterocycles. The predicted octanol–water partition coefficient (Wildman–Crippen LogP) is 2.25. The average Bonchev–Trinajstić information content (AvgIpc) is 3.64. The average molecular weight is 603 g/mol. The molecule has 0 saturated carbocycles. The van der Waals surface area contributed by atoms with Crippen LogP contribution in [0.4, 0.5) is 17.8 Å². The Hall–Kier alpha value is -5.63. The molecule has 1 amide bonds. The molecule has 0 spiro atoms. The molecule has 2 aliphatic rings. The van der Waals surface area contributed by atoms with Gasteiger partial charge in [-0.05, 0) is 41.3 Å². The molecule has 4 aromatic heterocycles. The first-order chi connectivity index (χ1) is 22.0. The maximum Gasteiger partial charge on any atom is 0.292 e. The van der Waals surface area contributed by atoms with Crippen LogP contribution in [0.3, 0.4) is 0 Å². The summed E-state index contributed by atoms with van der Waals surface area (Å²) in [5, 5.41) is 8.91. The number of oxazole rings is 1. The zero-order chi connectivity index (χ0) is 30.5. The molecule has 5 N–H and O–H groups in total. The highest BCUT2D eigenvalue weighted by molar-refractivity contribution is 5.99. The van der Waals surface area contributed by atoms with E-state index in [9.17, 15) is 4.79 Å². The number of fused-ring (bicyclic) bond motifs is 3. The fraction of sp³-hybridized carbons (Fsp3) is 0.258. The van der Waals surface area contributed by atoms with Gasteiger partial charge in [0.15, 0.2) is 11.2 Å². The molecule has 8 rings (SSSR count). The fourth-order valence-electron chi connectivity index (χ4n) is 6.13. The Kier molecular flexibility index (Phi) is 6.48. The van der Waals surface area contributed by atoms with Crippen LogP contribution in [0.2, 0.25) is 0 Å². The van der Waals surface area contributed by atoms with E-state index in [2.05, 4.69) is 53.3 Å². The number of nitrogens with zero attached hydrogens (tertiary/aromatic N) is 9. The van der Waals surface area contributed by atoms with Crippen molar-refractivity contribution < 1.29 is 9.21 Å². The van der Waals surface area contributed by atoms with Gasteiger partial charge in [0, 0.05) is 57.2 Å². The molecule has 2 aromatic carbocycles. The Bertz CT molecular complexity index is 2060. The number of aromatic nitrogens is 7. The SMILES string of the molecule is Nc1nc2cc(-c3nn(Cc4ccc5c(c4)CCN(C(=O)c4cnc(N6CCNCC6)nc4)C5)c4ncnc(N)c34)ccc2o1. The molecule has 14 heteroatoms. The summed E-state index contributed by atoms with van der Waals surface area (Å²) < 4.78 is 7.27. The van der Waals surface area contributed by atoms with E-state index in [1.807, 2.05) is 27.8 Å². The highest BCUT2D eigenvalue weighted by Gasteiger charge is 2.24. The summed E-state index contributed by atoms with van der Waals surface area (Å²) in [6.45, 7) is 5.14. The van der Waals surface area contributed by atoms with Gasteiger partial charge in [-0.3, -0.25) is 4.79 Å². The van der Waals surface area contributed by atoms with E-state index in [4.69, 9.17) is 21.0 Å². The minimum atomic E-state index is -0.0594. The molecule has 226 valence electrons. The number of carbonyl (C=O) groups excluding carboxylic acids is 1. The molecular weight excluding hydrogens is 572 g/mol. The molecule has 45 heavy (non-hydrogen) atoms. The first kappa shape index (κ1) is 27.0. The van der Waals surface area contributed by atoms with Crippen molar-refractivity contribution in [3.63, 3.8) is 0 Å². The van der Waals surface area contributed by atoms with E-state index < -0.39 is 0 Å². The summed E-state index contributed by atoms with van der Waals surface area (Å²) in [4.78, 5) is 39.3. The zero-order valence-corrected chi connectivity index (χ0v) is 24.3. The summed E-state index contributed by atoms with van der Waals surface area (Å²) in [6, 6.07) is 12.0. The van der Waals surface area contributed by atoms with Crippen LogP contribution in [0.15, 0.2) is 59.5 Å². The van der Waals surface area contributed by atoms with Gasteiger partial charge < -0.3 is 31.0 Å². The lowest BCUT2D eigenvalue weighted by Crippen LogP contribution is -2.44. The maximum absolute atomic E-state index is 13.3. The van der Waals surface area contributed by atoms with Crippen molar-refractivity contribution in [2.45, 2.75) is 19.5 Å². The molecule has 0 aliphatic carbocycles. The normalized spacial score (nSPS) is 15.1. The third kappa shape index (κ3) is 4.94. The molecule has 0 radical (unpaired) electrons. The number of nitrogen functional groups attached to an aromatic ring is 2. The Balaban J connectivity index is 1.02. The number of hydrogen-bond acceptors (Lipinski definition) is 12. The molecule has 0 bridgehead atoms. The summed E-state index contributed by atoms with van der Waals surface area (Å²) in [5.41, 5.74) is 19.3. The fourth-order valence-corrected chi connectivity index (χ4v) is 6.13. The van der Waals surface area contributed by atoms with Crippen LogP contribution in [0.1, 0.15) is 27.0 Å². The lowest BCUT2D eigenvalue weighted by Gasteiger charge is -2.30. The Labute approximate surface area is 257 Å². The maximum atomic E-state index is 13.3. The van der Waals surface area contributed by atoms with Gasteiger partial charge in [0.1, 0.15) is 23.4 Å². The van der Waals surface area contributed by atoms with Gasteiger partial charge in [0.2, 0.25) is 5.95 Å². The van der Waals surface area contributed by atoms with Crippen molar-refractivity contribution >= 4 is 45.8 Å². The lowest BCUT2D eigenvalue weighted by molar-refractivity contribution is 0.0734. The summed E-state index contributed by atoms with van der Waals surface area (Å²) in [6.07, 6.45) is 5.48. The van der Waals surface area contributed by atoms with E-state index in [0.717, 1.165) is 49.3 Å². The van der Waals surface area contributed by atoms with E-state index in [1.165, 1.54) is 11.9 Å². The molecule has 6 aromatic rings. The van der Waals surface area contributed by atoms with Crippen molar-refractivity contribution in [3.05, 3.63) is 77.4 Å². The van der Waals surface area contributed by atoms with E-state index in [1.54, 1.807) is 12.4 Å². The number of carbonyl (C=O) groups is 1. The highest BCUT2D eigenvalue weighted by Crippen LogP contribution is 2.33. The Morgan fingerprint density at radius 2 is 1.80 bits per heavy atom. The number of piperazine rings is 1. The number of amides is 1. The molecular formula is C31H30N12O2. The summed E-state index contributed by atoms with van der Waals surface area (Å²) in [7, 11) is 0. The van der Waals surface area contributed by atoms with Crippen molar-refractivity contribution in [2.24, 2.45) is 0 Å². The molecule has 1 fully saturated rings. The van der Waals surface area contributed by atoms with Gasteiger partial charge >= 0.3 is 0 Å². The lowest BCUT2D eigenvalue weighted by atomic mass is 9.97. The second-order valence-corrected chi connectivity index (χ2v) is 11.3. The van der Waals surface area contributed by atoms with Gasteiger partial charge in [0.05, 0.1) is 17.5 Å². The molecule has 0 unspecified atom stereocenters. The minimum Gasteiger partial charge on any atom is -0.424 e. The Morgan fingerprint density at radius 3 is 2.64 bits per heavy atom. The van der Waals surface area contributed by atoms with Crippen LogP contribution in [0.5, 0.6) is 0 Å². The van der Waals surface area contributed by atoms with E-state index in [0.29, 0.717) is 64.8 Å². The van der Waals surface area contributed by atoms with E-state index in [-0.39, 0.29) is 11.9 Å². The van der Waals surface area contributed by atoms with Crippen molar-refractivity contribution in [1.82, 2.24) is 44.9 Å². The van der Waals surface area contributed by atoms with Gasteiger partial charge in [-0.15, -0.1) is 0 Å². The number of nitrogens with two attached hydrogens (primary N) is 2. The van der Waals surface area contributed by atoms with Crippen molar-refractivity contribution in [1.29, 1.82) is 0 Å². The van der Waals surface area contributed by atoms with Crippen LogP contribution in [-0.2, 0) is 19.5 Å². The largest absolute Gasteiger partial charge is 0.424 e. The standard InChI is InChI=1S/C31H30N12O2/c32-27-25-26(20-3-4-24-23(12-20)39-30(33)45-24)40-43(28(25)38-17-37-27)15-18-1-2-21-16-42(8-5-19(21)11-18)29(44)22-13-35-31(36-14-22)41-9-6-34-7-10-41/h1-4,11-14,17,34H,5-10,15-16H2,(H2,33,39)(H2,32,37,38). The van der Waals surface area contributed by atoms with Gasteiger partial charge in [-0.1, -0.05) is 18.2 Å². The Morgan fingerprint density at radius 1 is 0.956 bits per heavy atom. The van der Waals surface area contributed by atoms with Crippen molar-refractivity contribution in [3.8, 4) is 11.3 Å². The third-order valence-electron chi connectivity index (χ3n) is 8.42. The predicted molar refractivity (Wildman–Crippen MR) is 168 cm³/mol. The third-order valence-corrected chi connectivity index (χ3v) is 8.42. The first-order valence-corrected chi connectivity index (χ1v) is 14.8. The topological polar surface area (TPSA) is 183 Å². The second kappa shape index (κ2) is 10.8. The second-order valence-electron chi connectivity index (χ2n) is 11.3.